The lowest BCUT2D eigenvalue weighted by atomic mass is 9.76. The number of likely N-dealkylation sites (tertiary alicyclic amines) is 1. The number of nitro groups is 1. The molecule has 10 nitrogen and oxygen atoms in total. The van der Waals surface area contributed by atoms with E-state index in [1.807, 2.05) is 0 Å². The van der Waals surface area contributed by atoms with E-state index in [2.05, 4.69) is 11.2 Å². The number of hydrogen-bond donors (Lipinski definition) is 2. The maximum absolute atomic E-state index is 13.4. The molecule has 0 saturated carbocycles. The molecule has 0 spiro atoms. The first kappa shape index (κ1) is 22.9. The van der Waals surface area contributed by atoms with Gasteiger partial charge >= 0.3 is 5.97 Å². The Labute approximate surface area is 194 Å². The molecule has 2 heterocycles. The lowest BCUT2D eigenvalue weighted by Gasteiger charge is -2.31. The molecule has 4 rings (SSSR count). The summed E-state index contributed by atoms with van der Waals surface area (Å²) < 4.78 is 5.43. The molecule has 0 aliphatic carbocycles. The predicted octanol–water partition coefficient (Wildman–Crippen LogP) is 1.55. The van der Waals surface area contributed by atoms with Gasteiger partial charge in [-0.1, -0.05) is 36.3 Å². The summed E-state index contributed by atoms with van der Waals surface area (Å²) >= 11 is 0. The largest absolute Gasteiger partial charge is 0.496 e. The lowest BCUT2D eigenvalue weighted by molar-refractivity contribution is -0.384. The molecule has 4 unspecified atom stereocenters. The number of hydrogen-bond acceptors (Lipinski definition) is 7. The minimum atomic E-state index is -1.86. The summed E-state index contributed by atoms with van der Waals surface area (Å²) in [5.74, 6) is -2.07. The molecule has 2 aliphatic heterocycles. The van der Waals surface area contributed by atoms with Gasteiger partial charge in [-0.15, -0.1) is 6.42 Å². The molecule has 2 aliphatic rings. The molecule has 0 radical (unpaired) electrons. The second-order valence-electron chi connectivity index (χ2n) is 8.21. The summed E-state index contributed by atoms with van der Waals surface area (Å²) in [6.45, 7) is -0.267. The summed E-state index contributed by atoms with van der Waals surface area (Å²) in [6.07, 6.45) is 5.18. The van der Waals surface area contributed by atoms with Crippen molar-refractivity contribution in [1.29, 1.82) is 0 Å². The second-order valence-corrected chi connectivity index (χ2v) is 8.21. The van der Waals surface area contributed by atoms with E-state index < -0.39 is 46.1 Å². The van der Waals surface area contributed by atoms with Crippen LogP contribution in [0.5, 0.6) is 5.75 Å². The highest BCUT2D eigenvalue weighted by molar-refractivity contribution is 6.09. The molecule has 0 bridgehead atoms. The highest BCUT2D eigenvalue weighted by Gasteiger charge is 2.68. The highest BCUT2D eigenvalue weighted by atomic mass is 16.6. The Morgan fingerprint density at radius 1 is 1.24 bits per heavy atom. The summed E-state index contributed by atoms with van der Waals surface area (Å²) in [4.78, 5) is 50.8. The normalized spacial score (nSPS) is 25.6. The van der Waals surface area contributed by atoms with Gasteiger partial charge in [-0.25, -0.2) is 0 Å². The third-order valence-corrected chi connectivity index (χ3v) is 6.48. The van der Waals surface area contributed by atoms with Crippen LogP contribution in [-0.2, 0) is 20.8 Å². The minimum Gasteiger partial charge on any atom is -0.496 e. The van der Waals surface area contributed by atoms with Crippen molar-refractivity contribution in [3.05, 3.63) is 69.8 Å². The van der Waals surface area contributed by atoms with Crippen molar-refractivity contribution >= 4 is 23.5 Å². The number of nitrogens with one attached hydrogen (secondary N) is 1. The number of fused-ring (bicyclic) bond motifs is 1. The monoisotopic (exact) mass is 463 g/mol. The molecule has 2 fully saturated rings. The van der Waals surface area contributed by atoms with Crippen LogP contribution in [0, 0.1) is 34.3 Å². The maximum atomic E-state index is 13.4. The summed E-state index contributed by atoms with van der Waals surface area (Å²) in [7, 11) is 1.46. The number of methoxy groups -OCH3 is 1. The number of rotatable bonds is 7. The first-order chi connectivity index (χ1) is 16.2. The minimum absolute atomic E-state index is 0.149. The number of terminal acetylenes is 1. The quantitative estimate of drug-likeness (QED) is 0.273. The van der Waals surface area contributed by atoms with Gasteiger partial charge in [-0.2, -0.15) is 0 Å². The van der Waals surface area contributed by atoms with Crippen molar-refractivity contribution < 1.29 is 29.2 Å². The average Bonchev–Trinajstić information content (AvgIpc) is 3.29. The number of amides is 2. The van der Waals surface area contributed by atoms with Gasteiger partial charge in [0.15, 0.2) is 0 Å². The van der Waals surface area contributed by atoms with Crippen LogP contribution >= 0.6 is 0 Å². The van der Waals surface area contributed by atoms with Crippen LogP contribution in [0.2, 0.25) is 0 Å². The van der Waals surface area contributed by atoms with Gasteiger partial charge in [0.25, 0.3) is 5.69 Å². The summed E-state index contributed by atoms with van der Waals surface area (Å²) in [6, 6.07) is 11.4. The molecule has 2 N–H and O–H groups in total. The molecule has 2 saturated heterocycles. The number of carboxylic acids is 1. The van der Waals surface area contributed by atoms with E-state index in [9.17, 15) is 29.6 Å². The Hall–Kier alpha value is -4.23. The van der Waals surface area contributed by atoms with Crippen LogP contribution in [0.4, 0.5) is 5.69 Å². The molecule has 2 amide bonds. The van der Waals surface area contributed by atoms with Gasteiger partial charge in [0, 0.05) is 30.2 Å². The fraction of sp³-hybridized carbons (Fsp3) is 0.292. The molecule has 2 aromatic carbocycles. The average molecular weight is 463 g/mol. The van der Waals surface area contributed by atoms with E-state index in [0.29, 0.717) is 16.9 Å². The number of para-hydroxylation sites is 1. The summed E-state index contributed by atoms with van der Waals surface area (Å²) in [5.41, 5.74) is -1.02. The number of carboxylic acid groups (broad SMARTS) is 1. The number of carbonyl (C=O) groups is 3. The van der Waals surface area contributed by atoms with Crippen LogP contribution in [0.3, 0.4) is 0 Å². The van der Waals surface area contributed by atoms with E-state index in [4.69, 9.17) is 11.2 Å². The fourth-order valence-corrected chi connectivity index (χ4v) is 4.99. The third-order valence-electron chi connectivity index (χ3n) is 6.48. The maximum Gasteiger partial charge on any atom is 0.325 e. The number of nitro benzene ring substituents is 1. The van der Waals surface area contributed by atoms with Crippen LogP contribution in [0.15, 0.2) is 48.5 Å². The Morgan fingerprint density at radius 3 is 2.50 bits per heavy atom. The number of nitrogens with zero attached hydrogens (tertiary/aromatic N) is 2. The number of benzene rings is 2. The van der Waals surface area contributed by atoms with Crippen molar-refractivity contribution in [1.82, 2.24) is 10.2 Å². The number of ether oxygens (including phenoxy) is 1. The Kier molecular flexibility index (Phi) is 5.81. The molecule has 0 aromatic heterocycles. The fourth-order valence-electron chi connectivity index (χ4n) is 4.99. The van der Waals surface area contributed by atoms with Crippen molar-refractivity contribution in [3.63, 3.8) is 0 Å². The molecule has 34 heavy (non-hydrogen) atoms. The molecule has 4 atom stereocenters. The standard InChI is InChI=1S/C24H21N3O7/c1-3-12-26-21(28)18-19(22(26)29)24(23(30)31,13-14-8-10-15(11-9-14)27(32)33)25-20(18)16-6-4-5-7-17(16)34-2/h1,4-11,18-20,25H,12-13H2,2H3,(H,30,31). The lowest BCUT2D eigenvalue weighted by Crippen LogP contribution is -2.57. The number of aliphatic carboxylic acids is 1. The topological polar surface area (TPSA) is 139 Å². The predicted molar refractivity (Wildman–Crippen MR) is 119 cm³/mol. The zero-order valence-corrected chi connectivity index (χ0v) is 18.1. The third kappa shape index (κ3) is 3.47. The van der Waals surface area contributed by atoms with Crippen LogP contribution in [0.25, 0.3) is 0 Å². The van der Waals surface area contributed by atoms with Crippen molar-refractivity contribution in [2.45, 2.75) is 18.0 Å². The molecular weight excluding hydrogens is 442 g/mol. The first-order valence-corrected chi connectivity index (χ1v) is 10.4. The smallest absolute Gasteiger partial charge is 0.325 e. The van der Waals surface area contributed by atoms with E-state index in [0.717, 1.165) is 4.90 Å². The van der Waals surface area contributed by atoms with Gasteiger partial charge in [-0.05, 0) is 11.6 Å². The SMILES string of the molecule is C#CCN1C(=O)C2C(c3ccccc3OC)NC(Cc3ccc([N+](=O)[O-])cc3)(C(=O)O)C2C1=O. The zero-order chi connectivity index (χ0) is 24.6. The second kappa shape index (κ2) is 8.61. The number of non-ortho nitro benzene ring substituents is 1. The highest BCUT2D eigenvalue weighted by Crippen LogP contribution is 2.51. The number of carbonyl (C=O) groups excluding carboxylic acids is 2. The van der Waals surface area contributed by atoms with Gasteiger partial charge < -0.3 is 9.84 Å². The van der Waals surface area contributed by atoms with Crippen LogP contribution in [-0.4, -0.2) is 51.9 Å². The van der Waals surface area contributed by atoms with E-state index in [1.54, 1.807) is 24.3 Å². The van der Waals surface area contributed by atoms with E-state index in [1.165, 1.54) is 31.4 Å². The van der Waals surface area contributed by atoms with Crippen molar-refractivity contribution in [2.75, 3.05) is 13.7 Å². The molecule has 174 valence electrons. The van der Waals surface area contributed by atoms with Crippen molar-refractivity contribution in [3.8, 4) is 18.1 Å². The Bertz CT molecular complexity index is 1220. The van der Waals surface area contributed by atoms with Gasteiger partial charge in [0.2, 0.25) is 11.8 Å². The van der Waals surface area contributed by atoms with Crippen LogP contribution < -0.4 is 10.1 Å². The molecular formula is C24H21N3O7. The van der Waals surface area contributed by atoms with E-state index >= 15 is 0 Å². The first-order valence-electron chi connectivity index (χ1n) is 10.4. The van der Waals surface area contributed by atoms with Gasteiger partial charge in [0.05, 0.1) is 30.4 Å². The Balaban J connectivity index is 1.84. The van der Waals surface area contributed by atoms with Gasteiger partial charge in [-0.3, -0.25) is 34.7 Å². The van der Waals surface area contributed by atoms with Crippen molar-refractivity contribution in [2.24, 2.45) is 11.8 Å². The summed E-state index contributed by atoms with van der Waals surface area (Å²) in [5, 5.41) is 24.5. The zero-order valence-electron chi connectivity index (χ0n) is 18.1. The van der Waals surface area contributed by atoms with Crippen LogP contribution in [0.1, 0.15) is 17.2 Å². The molecule has 10 heteroatoms. The van der Waals surface area contributed by atoms with E-state index in [-0.39, 0.29) is 18.7 Å². The number of imide groups is 1. The van der Waals surface area contributed by atoms with Gasteiger partial charge in [0.1, 0.15) is 11.3 Å². The molecule has 2 aromatic rings. The Morgan fingerprint density at radius 2 is 1.91 bits per heavy atom.